The van der Waals surface area contributed by atoms with Gasteiger partial charge in [0.05, 0.1) is 12.7 Å². The molecule has 1 atom stereocenters. The van der Waals surface area contributed by atoms with Crippen LogP contribution in [0, 0.1) is 6.92 Å². The number of hydrogen-bond acceptors (Lipinski definition) is 4. The summed E-state index contributed by atoms with van der Waals surface area (Å²) >= 11 is 0. The quantitative estimate of drug-likeness (QED) is 0.830. The first kappa shape index (κ1) is 17.7. The van der Waals surface area contributed by atoms with Gasteiger partial charge in [0.15, 0.2) is 0 Å². The normalized spacial score (nSPS) is 17.0. The zero-order chi connectivity index (χ0) is 16.7. The molecule has 2 N–H and O–H groups in total. The molecule has 0 saturated carbocycles. The number of ether oxygens (including phenoxy) is 1. The summed E-state index contributed by atoms with van der Waals surface area (Å²) in [5, 5.41) is 4.82. The van der Waals surface area contributed by atoms with E-state index >= 15 is 0 Å². The second-order valence-corrected chi connectivity index (χ2v) is 4.68. The molecule has 22 heavy (non-hydrogen) atoms. The lowest BCUT2D eigenvalue weighted by molar-refractivity contribution is -0.134. The van der Waals surface area contributed by atoms with Crippen LogP contribution < -0.4 is 15.4 Å². The number of piperidine rings is 1. The minimum Gasteiger partial charge on any atom is -0.496 e. The van der Waals surface area contributed by atoms with Crippen molar-refractivity contribution in [2.24, 2.45) is 0 Å². The lowest BCUT2D eigenvalue weighted by Crippen LogP contribution is -2.52. The number of hydrogen-bond donors (Lipinski definition) is 2. The summed E-state index contributed by atoms with van der Waals surface area (Å²) in [5.74, 6) is -0.722. The molecule has 1 aromatic rings. The summed E-state index contributed by atoms with van der Waals surface area (Å²) in [6.07, 6.45) is 0.534. The maximum absolute atomic E-state index is 12.2. The zero-order valence-electron chi connectivity index (χ0n) is 13.4. The predicted octanol–water partition coefficient (Wildman–Crippen LogP) is 1.56. The summed E-state index contributed by atoms with van der Waals surface area (Å²) in [5.41, 5.74) is 1.34. The highest BCUT2D eigenvalue weighted by Crippen LogP contribution is 2.20. The molecule has 0 bridgehead atoms. The van der Waals surface area contributed by atoms with Crippen molar-refractivity contribution in [3.63, 3.8) is 0 Å². The molecule has 1 heterocycles. The first-order valence-corrected chi connectivity index (χ1v) is 7.30. The smallest absolute Gasteiger partial charge is 0.255 e. The van der Waals surface area contributed by atoms with E-state index in [1.807, 2.05) is 20.8 Å². The topological polar surface area (TPSA) is 84.5 Å². The Bertz CT molecular complexity index is 569. The van der Waals surface area contributed by atoms with Crippen LogP contribution in [0.1, 0.15) is 42.6 Å². The molecule has 6 heteroatoms. The van der Waals surface area contributed by atoms with Gasteiger partial charge in [-0.25, -0.2) is 0 Å². The van der Waals surface area contributed by atoms with Gasteiger partial charge in [0, 0.05) is 6.42 Å². The van der Waals surface area contributed by atoms with Crippen LogP contribution in [0.4, 0.5) is 0 Å². The minimum atomic E-state index is -0.689. The molecule has 6 nitrogen and oxygen atoms in total. The van der Waals surface area contributed by atoms with Gasteiger partial charge in [0.1, 0.15) is 11.8 Å². The highest BCUT2D eigenvalue weighted by Gasteiger charge is 2.28. The van der Waals surface area contributed by atoms with Crippen molar-refractivity contribution in [3.05, 3.63) is 29.3 Å². The van der Waals surface area contributed by atoms with Gasteiger partial charge in [0.2, 0.25) is 11.8 Å². The number of methoxy groups -OCH3 is 1. The van der Waals surface area contributed by atoms with Crippen LogP contribution >= 0.6 is 0 Å². The van der Waals surface area contributed by atoms with Gasteiger partial charge in [-0.05, 0) is 31.0 Å². The molecule has 1 aromatic carbocycles. The van der Waals surface area contributed by atoms with Crippen LogP contribution in [0.2, 0.25) is 0 Å². The maximum atomic E-state index is 12.2. The molecule has 3 amide bonds. The summed E-state index contributed by atoms with van der Waals surface area (Å²) < 4.78 is 5.16. The number of imide groups is 1. The Morgan fingerprint density at radius 2 is 2.00 bits per heavy atom. The molecule has 0 spiro atoms. The molecule has 1 aliphatic heterocycles. The SMILES string of the molecule is CC.COc1cc(C)ccc1C(=O)NC1CCC(=O)NC1=O. The van der Waals surface area contributed by atoms with Crippen LogP contribution in [0.5, 0.6) is 5.75 Å². The molecule has 120 valence electrons. The fourth-order valence-corrected chi connectivity index (χ4v) is 2.05. The average Bonchev–Trinajstić information content (AvgIpc) is 2.51. The minimum absolute atomic E-state index is 0.224. The molecule has 0 aromatic heterocycles. The zero-order valence-corrected chi connectivity index (χ0v) is 13.4. The molecular weight excluding hydrogens is 284 g/mol. The molecule has 1 aliphatic rings. The summed E-state index contributed by atoms with van der Waals surface area (Å²) in [6, 6.07) is 4.50. The van der Waals surface area contributed by atoms with Gasteiger partial charge in [-0.15, -0.1) is 0 Å². The number of aryl methyl sites for hydroxylation is 1. The summed E-state index contributed by atoms with van der Waals surface area (Å²) in [4.78, 5) is 34.8. The van der Waals surface area contributed by atoms with E-state index in [9.17, 15) is 14.4 Å². The molecule has 0 radical (unpaired) electrons. The van der Waals surface area contributed by atoms with Gasteiger partial charge >= 0.3 is 0 Å². The summed E-state index contributed by atoms with van der Waals surface area (Å²) in [6.45, 7) is 5.89. The van der Waals surface area contributed by atoms with Crippen LogP contribution in [-0.2, 0) is 9.59 Å². The molecule has 2 rings (SSSR count). The largest absolute Gasteiger partial charge is 0.496 e. The Labute approximate surface area is 130 Å². The van der Waals surface area contributed by atoms with E-state index in [-0.39, 0.29) is 12.3 Å². The molecule has 1 saturated heterocycles. The van der Waals surface area contributed by atoms with Gasteiger partial charge < -0.3 is 10.1 Å². The third kappa shape index (κ3) is 4.31. The monoisotopic (exact) mass is 306 g/mol. The highest BCUT2D eigenvalue weighted by atomic mass is 16.5. The standard InChI is InChI=1S/C14H16N2O4.C2H6/c1-8-3-4-9(11(7-8)20-2)13(18)15-10-5-6-12(17)16-14(10)19;1-2/h3-4,7,10H,5-6H2,1-2H3,(H,15,18)(H,16,17,19);1-2H3. The number of rotatable bonds is 3. The van der Waals surface area contributed by atoms with Crippen molar-refractivity contribution >= 4 is 17.7 Å². The number of benzene rings is 1. The number of amides is 3. The van der Waals surface area contributed by atoms with E-state index in [4.69, 9.17) is 4.74 Å². The van der Waals surface area contributed by atoms with E-state index in [0.717, 1.165) is 5.56 Å². The Balaban J connectivity index is 0.00000116. The van der Waals surface area contributed by atoms with Crippen LogP contribution in [0.3, 0.4) is 0 Å². The Kier molecular flexibility index (Phi) is 6.56. The average molecular weight is 306 g/mol. The third-order valence-corrected chi connectivity index (χ3v) is 3.15. The van der Waals surface area contributed by atoms with Crippen molar-refractivity contribution in [1.29, 1.82) is 0 Å². The van der Waals surface area contributed by atoms with E-state index in [0.29, 0.717) is 17.7 Å². The molecular formula is C16H22N2O4. The highest BCUT2D eigenvalue weighted by molar-refractivity contribution is 6.04. The first-order valence-electron chi connectivity index (χ1n) is 7.30. The van der Waals surface area contributed by atoms with Crippen LogP contribution in [0.15, 0.2) is 18.2 Å². The second kappa shape index (κ2) is 8.17. The lowest BCUT2D eigenvalue weighted by atomic mass is 10.0. The van der Waals surface area contributed by atoms with Gasteiger partial charge in [-0.3, -0.25) is 19.7 Å². The van der Waals surface area contributed by atoms with Crippen LogP contribution in [-0.4, -0.2) is 30.9 Å². The van der Waals surface area contributed by atoms with Gasteiger partial charge in [0.25, 0.3) is 5.91 Å². The van der Waals surface area contributed by atoms with Gasteiger partial charge in [-0.1, -0.05) is 19.9 Å². The van der Waals surface area contributed by atoms with Crippen molar-refractivity contribution in [3.8, 4) is 5.75 Å². The summed E-state index contributed by atoms with van der Waals surface area (Å²) in [7, 11) is 1.48. The Hall–Kier alpha value is -2.37. The Morgan fingerprint density at radius 3 is 2.59 bits per heavy atom. The van der Waals surface area contributed by atoms with Crippen molar-refractivity contribution in [2.45, 2.75) is 39.7 Å². The van der Waals surface area contributed by atoms with Crippen molar-refractivity contribution in [1.82, 2.24) is 10.6 Å². The fraction of sp³-hybridized carbons (Fsp3) is 0.438. The number of nitrogens with one attached hydrogen (secondary N) is 2. The van der Waals surface area contributed by atoms with E-state index in [1.165, 1.54) is 7.11 Å². The predicted molar refractivity (Wildman–Crippen MR) is 82.7 cm³/mol. The molecule has 0 aliphatic carbocycles. The van der Waals surface area contributed by atoms with Crippen LogP contribution in [0.25, 0.3) is 0 Å². The maximum Gasteiger partial charge on any atom is 0.255 e. The second-order valence-electron chi connectivity index (χ2n) is 4.68. The number of carbonyl (C=O) groups excluding carboxylic acids is 3. The molecule has 1 fully saturated rings. The van der Waals surface area contributed by atoms with Crippen molar-refractivity contribution in [2.75, 3.05) is 7.11 Å². The third-order valence-electron chi connectivity index (χ3n) is 3.15. The van der Waals surface area contributed by atoms with E-state index < -0.39 is 17.9 Å². The number of carbonyl (C=O) groups is 3. The van der Waals surface area contributed by atoms with E-state index in [1.54, 1.807) is 18.2 Å². The van der Waals surface area contributed by atoms with Crippen molar-refractivity contribution < 1.29 is 19.1 Å². The fourth-order valence-electron chi connectivity index (χ4n) is 2.05. The first-order chi connectivity index (χ1) is 10.5. The van der Waals surface area contributed by atoms with Gasteiger partial charge in [-0.2, -0.15) is 0 Å². The Morgan fingerprint density at radius 1 is 1.32 bits per heavy atom. The lowest BCUT2D eigenvalue weighted by Gasteiger charge is -2.22. The van der Waals surface area contributed by atoms with E-state index in [2.05, 4.69) is 10.6 Å². The molecule has 1 unspecified atom stereocenters.